The Morgan fingerprint density at radius 1 is 1.32 bits per heavy atom. The van der Waals surface area contributed by atoms with Crippen LogP contribution < -0.4 is 5.56 Å². The predicted octanol–water partition coefficient (Wildman–Crippen LogP) is 3.54. The summed E-state index contributed by atoms with van der Waals surface area (Å²) in [4.78, 5) is 19.4. The number of benzene rings is 1. The van der Waals surface area contributed by atoms with Gasteiger partial charge in [-0.25, -0.2) is 9.38 Å². The van der Waals surface area contributed by atoms with Gasteiger partial charge in [0.05, 0.1) is 17.0 Å². The molecule has 0 aliphatic heterocycles. The van der Waals surface area contributed by atoms with Gasteiger partial charge in [-0.1, -0.05) is 19.1 Å². The minimum atomic E-state index is -4.41. The molecular formula is C15H14F3N3O. The van der Waals surface area contributed by atoms with E-state index in [9.17, 15) is 18.0 Å². The molecule has 0 unspecified atom stereocenters. The lowest BCUT2D eigenvalue weighted by molar-refractivity contribution is -0.151. The van der Waals surface area contributed by atoms with Crippen LogP contribution in [0.1, 0.15) is 30.5 Å². The topological polar surface area (TPSA) is 50.2 Å². The fourth-order valence-electron chi connectivity index (χ4n) is 2.76. The Labute approximate surface area is 123 Å². The van der Waals surface area contributed by atoms with Crippen molar-refractivity contribution in [3.8, 4) is 0 Å². The highest BCUT2D eigenvalue weighted by Crippen LogP contribution is 2.37. The number of imidazole rings is 1. The number of aromatic nitrogens is 3. The summed E-state index contributed by atoms with van der Waals surface area (Å²) in [5.74, 6) is -1.57. The number of para-hydroxylation sites is 2. The highest BCUT2D eigenvalue weighted by atomic mass is 19.4. The Morgan fingerprint density at radius 3 is 2.64 bits per heavy atom. The van der Waals surface area contributed by atoms with Gasteiger partial charge in [0.2, 0.25) is 5.78 Å². The van der Waals surface area contributed by atoms with E-state index in [1.54, 1.807) is 24.3 Å². The van der Waals surface area contributed by atoms with E-state index < -0.39 is 17.7 Å². The van der Waals surface area contributed by atoms with Crippen molar-refractivity contribution in [2.24, 2.45) is 0 Å². The third kappa shape index (κ3) is 2.08. The number of hydrogen-bond donors (Lipinski definition) is 1. The van der Waals surface area contributed by atoms with Crippen LogP contribution in [0.4, 0.5) is 13.2 Å². The van der Waals surface area contributed by atoms with Gasteiger partial charge in [-0.2, -0.15) is 13.2 Å². The fourth-order valence-corrected chi connectivity index (χ4v) is 2.76. The second-order valence-corrected chi connectivity index (χ2v) is 5.23. The molecule has 0 aliphatic carbocycles. The molecule has 116 valence electrons. The molecule has 0 fully saturated rings. The molecule has 1 N–H and O–H groups in total. The number of aromatic amines is 1. The van der Waals surface area contributed by atoms with Crippen LogP contribution in [0.5, 0.6) is 0 Å². The number of nitrogens with zero attached hydrogens (tertiary/aromatic N) is 2. The summed E-state index contributed by atoms with van der Waals surface area (Å²) in [5, 5.41) is 0. The Bertz CT molecular complexity index is 908. The van der Waals surface area contributed by atoms with E-state index in [0.717, 1.165) is 0 Å². The first kappa shape index (κ1) is 14.6. The van der Waals surface area contributed by atoms with Crippen molar-refractivity contribution < 1.29 is 13.2 Å². The third-order valence-electron chi connectivity index (χ3n) is 3.89. The second-order valence-electron chi connectivity index (χ2n) is 5.23. The standard InChI is InChI=1S/C15H14F3N3O/c1-3-9(15(16,17)18)12-8(2)13(22)21-11-7-5-4-6-10(11)19-14(21)20-12/h4-7,9H,3H2,1-2H3,(H,19,20)/t9-/m0/s1. The molecule has 2 aromatic heterocycles. The molecule has 0 bridgehead atoms. The van der Waals surface area contributed by atoms with Gasteiger partial charge in [0.1, 0.15) is 0 Å². The van der Waals surface area contributed by atoms with Crippen LogP contribution in [0, 0.1) is 6.92 Å². The van der Waals surface area contributed by atoms with Crippen molar-refractivity contribution in [1.82, 2.24) is 14.4 Å². The number of H-pyrrole nitrogens is 1. The lowest BCUT2D eigenvalue weighted by atomic mass is 9.98. The van der Waals surface area contributed by atoms with Gasteiger partial charge in [-0.05, 0) is 25.5 Å². The predicted molar refractivity (Wildman–Crippen MR) is 77.1 cm³/mol. The molecule has 1 atom stereocenters. The maximum atomic E-state index is 13.2. The van der Waals surface area contributed by atoms with Crippen LogP contribution in [0.2, 0.25) is 0 Å². The minimum absolute atomic E-state index is 0.0693. The van der Waals surface area contributed by atoms with E-state index in [0.29, 0.717) is 11.0 Å². The van der Waals surface area contributed by atoms with Gasteiger partial charge >= 0.3 is 6.18 Å². The Hall–Kier alpha value is -2.31. The summed E-state index contributed by atoms with van der Waals surface area (Å²) >= 11 is 0. The van der Waals surface area contributed by atoms with Crippen LogP contribution in [0.15, 0.2) is 29.1 Å². The van der Waals surface area contributed by atoms with Gasteiger partial charge in [-0.3, -0.25) is 4.79 Å². The normalized spacial score (nSPS) is 13.9. The molecule has 3 aromatic rings. The third-order valence-corrected chi connectivity index (χ3v) is 3.89. The van der Waals surface area contributed by atoms with Crippen LogP contribution in [0.3, 0.4) is 0 Å². The SMILES string of the molecule is CC[C@@H](c1[nH]c2nc3ccccc3n2c(=O)c1C)C(F)(F)F. The molecule has 0 radical (unpaired) electrons. The molecule has 0 saturated carbocycles. The molecule has 1 aromatic carbocycles. The molecule has 3 rings (SSSR count). The first-order chi connectivity index (χ1) is 10.3. The summed E-state index contributed by atoms with van der Waals surface area (Å²) in [6.45, 7) is 2.86. The van der Waals surface area contributed by atoms with Crippen LogP contribution in [-0.2, 0) is 0 Å². The van der Waals surface area contributed by atoms with E-state index in [2.05, 4.69) is 9.97 Å². The average Bonchev–Trinajstić information content (AvgIpc) is 2.81. The van der Waals surface area contributed by atoms with E-state index in [1.165, 1.54) is 18.2 Å². The molecule has 2 heterocycles. The van der Waals surface area contributed by atoms with Crippen molar-refractivity contribution in [2.45, 2.75) is 32.4 Å². The number of fused-ring (bicyclic) bond motifs is 3. The summed E-state index contributed by atoms with van der Waals surface area (Å²) in [6, 6.07) is 6.94. The summed E-state index contributed by atoms with van der Waals surface area (Å²) in [5.41, 5.74) is 0.628. The number of hydrogen-bond acceptors (Lipinski definition) is 2. The molecular weight excluding hydrogens is 295 g/mol. The zero-order valence-electron chi connectivity index (χ0n) is 12.0. The minimum Gasteiger partial charge on any atom is -0.328 e. The van der Waals surface area contributed by atoms with Crippen LogP contribution in [-0.4, -0.2) is 20.5 Å². The Kier molecular flexibility index (Phi) is 3.23. The molecule has 7 heteroatoms. The zero-order chi connectivity index (χ0) is 16.1. The van der Waals surface area contributed by atoms with Crippen molar-refractivity contribution >= 4 is 16.8 Å². The number of nitrogens with one attached hydrogen (secondary N) is 1. The number of alkyl halides is 3. The Morgan fingerprint density at radius 2 is 2.00 bits per heavy atom. The Balaban J connectivity index is 2.37. The largest absolute Gasteiger partial charge is 0.397 e. The van der Waals surface area contributed by atoms with E-state index in [-0.39, 0.29) is 23.5 Å². The highest BCUT2D eigenvalue weighted by Gasteiger charge is 2.41. The van der Waals surface area contributed by atoms with Crippen molar-refractivity contribution in [3.05, 3.63) is 45.9 Å². The first-order valence-electron chi connectivity index (χ1n) is 6.91. The van der Waals surface area contributed by atoms with Crippen molar-refractivity contribution in [3.63, 3.8) is 0 Å². The maximum absolute atomic E-state index is 13.2. The van der Waals surface area contributed by atoms with Crippen LogP contribution in [0.25, 0.3) is 16.8 Å². The fraction of sp³-hybridized carbons (Fsp3) is 0.333. The van der Waals surface area contributed by atoms with E-state index in [4.69, 9.17) is 0 Å². The van der Waals surface area contributed by atoms with Gasteiger partial charge in [-0.15, -0.1) is 0 Å². The zero-order valence-corrected chi connectivity index (χ0v) is 12.0. The monoisotopic (exact) mass is 309 g/mol. The van der Waals surface area contributed by atoms with Crippen molar-refractivity contribution in [2.75, 3.05) is 0 Å². The first-order valence-corrected chi connectivity index (χ1v) is 6.91. The molecule has 0 aliphatic rings. The number of halogens is 3. The summed E-state index contributed by atoms with van der Waals surface area (Å²) < 4.78 is 40.8. The summed E-state index contributed by atoms with van der Waals surface area (Å²) in [6.07, 6.45) is -4.55. The van der Waals surface area contributed by atoms with Gasteiger partial charge < -0.3 is 4.98 Å². The van der Waals surface area contributed by atoms with Gasteiger partial charge in [0.15, 0.2) is 0 Å². The lowest BCUT2D eigenvalue weighted by Crippen LogP contribution is -2.27. The maximum Gasteiger partial charge on any atom is 0.397 e. The summed E-state index contributed by atoms with van der Waals surface area (Å²) in [7, 11) is 0. The van der Waals surface area contributed by atoms with Crippen molar-refractivity contribution in [1.29, 1.82) is 0 Å². The molecule has 0 saturated heterocycles. The lowest BCUT2D eigenvalue weighted by Gasteiger charge is -2.20. The molecule has 22 heavy (non-hydrogen) atoms. The van der Waals surface area contributed by atoms with Gasteiger partial charge in [0.25, 0.3) is 5.56 Å². The van der Waals surface area contributed by atoms with E-state index >= 15 is 0 Å². The quantitative estimate of drug-likeness (QED) is 0.787. The van der Waals surface area contributed by atoms with E-state index in [1.807, 2.05) is 0 Å². The molecule has 4 nitrogen and oxygen atoms in total. The average molecular weight is 309 g/mol. The van der Waals surface area contributed by atoms with Crippen LogP contribution >= 0.6 is 0 Å². The highest BCUT2D eigenvalue weighted by molar-refractivity contribution is 5.79. The number of rotatable bonds is 2. The second kappa shape index (κ2) is 4.86. The molecule has 0 spiro atoms. The van der Waals surface area contributed by atoms with Gasteiger partial charge in [0, 0.05) is 11.3 Å². The molecule has 0 amide bonds. The smallest absolute Gasteiger partial charge is 0.328 e.